The summed E-state index contributed by atoms with van der Waals surface area (Å²) in [6, 6.07) is 3.74. The van der Waals surface area contributed by atoms with Gasteiger partial charge < -0.3 is 4.57 Å². The second-order valence-corrected chi connectivity index (χ2v) is 4.62. The molecule has 5 heteroatoms. The Bertz CT molecular complexity index is 562. The molecule has 0 aliphatic heterocycles. The zero-order valence-electron chi connectivity index (χ0n) is 7.29. The van der Waals surface area contributed by atoms with Gasteiger partial charge in [0.05, 0.1) is 17.2 Å². The minimum atomic E-state index is -0.105. The summed E-state index contributed by atoms with van der Waals surface area (Å²) >= 11 is 6.77. The largest absolute Gasteiger partial charge is 0.308 e. The quantitative estimate of drug-likeness (QED) is 0.748. The fourth-order valence-electron chi connectivity index (χ4n) is 1.23. The van der Waals surface area contributed by atoms with Gasteiger partial charge in [-0.1, -0.05) is 0 Å². The first-order chi connectivity index (χ1) is 6.59. The zero-order chi connectivity index (χ0) is 10.3. The van der Waals surface area contributed by atoms with Crippen LogP contribution in [0.4, 0.5) is 0 Å². The third kappa shape index (κ3) is 1.50. The Morgan fingerprint density at radius 2 is 1.93 bits per heavy atom. The number of benzene rings is 1. The third-order valence-electron chi connectivity index (χ3n) is 2.02. The second-order valence-electron chi connectivity index (χ2n) is 2.91. The van der Waals surface area contributed by atoms with Crippen molar-refractivity contribution in [2.24, 2.45) is 7.05 Å². The highest BCUT2D eigenvalue weighted by atomic mass is 79.9. The van der Waals surface area contributed by atoms with Gasteiger partial charge in [-0.25, -0.2) is 4.98 Å². The summed E-state index contributed by atoms with van der Waals surface area (Å²) in [6.45, 7) is 0. The lowest BCUT2D eigenvalue weighted by molar-refractivity contribution is 0.891. The fourth-order valence-corrected chi connectivity index (χ4v) is 1.89. The smallest absolute Gasteiger partial charge is 0.269 e. The van der Waals surface area contributed by atoms with E-state index in [2.05, 4.69) is 36.8 Å². The maximum absolute atomic E-state index is 11.3. The lowest BCUT2D eigenvalue weighted by atomic mass is 10.3. The van der Waals surface area contributed by atoms with Gasteiger partial charge in [-0.15, -0.1) is 0 Å². The predicted octanol–water partition coefficient (Wildman–Crippen LogP) is 2.46. The molecule has 1 heterocycles. The number of hydrogen-bond acceptors (Lipinski definition) is 2. The Hall–Kier alpha value is -0.680. The predicted molar refractivity (Wildman–Crippen MR) is 62.4 cm³/mol. The van der Waals surface area contributed by atoms with E-state index in [1.54, 1.807) is 11.6 Å². The summed E-state index contributed by atoms with van der Waals surface area (Å²) in [7, 11) is 1.73. The number of aromatic nitrogens is 2. The molecule has 0 amide bonds. The molecular formula is C9H6Br2N2O. The monoisotopic (exact) mass is 316 g/mol. The molecule has 1 aromatic heterocycles. The van der Waals surface area contributed by atoms with Crippen LogP contribution in [0.2, 0.25) is 0 Å². The van der Waals surface area contributed by atoms with Crippen LogP contribution < -0.4 is 5.56 Å². The minimum Gasteiger partial charge on any atom is -0.308 e. The van der Waals surface area contributed by atoms with Gasteiger partial charge in [0, 0.05) is 16.0 Å². The third-order valence-corrected chi connectivity index (χ3v) is 3.87. The average Bonchev–Trinajstić information content (AvgIpc) is 2.15. The molecule has 0 aliphatic carbocycles. The zero-order valence-corrected chi connectivity index (χ0v) is 10.5. The van der Waals surface area contributed by atoms with Crippen LogP contribution in [0.1, 0.15) is 0 Å². The van der Waals surface area contributed by atoms with Crippen LogP contribution in [-0.2, 0) is 7.05 Å². The Kier molecular flexibility index (Phi) is 2.45. The first kappa shape index (κ1) is 9.86. The van der Waals surface area contributed by atoms with Crippen LogP contribution in [0.25, 0.3) is 11.0 Å². The molecule has 0 bridgehead atoms. The summed E-state index contributed by atoms with van der Waals surface area (Å²) in [6.07, 6.45) is 1.32. The first-order valence-electron chi connectivity index (χ1n) is 3.90. The van der Waals surface area contributed by atoms with Gasteiger partial charge in [-0.3, -0.25) is 4.79 Å². The van der Waals surface area contributed by atoms with E-state index < -0.39 is 0 Å². The molecule has 72 valence electrons. The van der Waals surface area contributed by atoms with E-state index in [4.69, 9.17) is 0 Å². The number of hydrogen-bond donors (Lipinski definition) is 0. The summed E-state index contributed by atoms with van der Waals surface area (Å²) in [5.41, 5.74) is 1.50. The number of fused-ring (bicyclic) bond motifs is 1. The van der Waals surface area contributed by atoms with Crippen LogP contribution in [0.15, 0.2) is 32.1 Å². The molecule has 0 saturated carbocycles. The lowest BCUT2D eigenvalue weighted by Gasteiger charge is -2.04. The molecule has 2 aromatic rings. The molecule has 0 spiro atoms. The maximum atomic E-state index is 11.3. The minimum absolute atomic E-state index is 0.105. The normalized spacial score (nSPS) is 10.8. The molecule has 0 fully saturated rings. The highest BCUT2D eigenvalue weighted by molar-refractivity contribution is 9.13. The molecule has 0 saturated heterocycles. The molecule has 14 heavy (non-hydrogen) atoms. The van der Waals surface area contributed by atoms with Crippen LogP contribution in [-0.4, -0.2) is 9.55 Å². The van der Waals surface area contributed by atoms with E-state index >= 15 is 0 Å². The van der Waals surface area contributed by atoms with Crippen molar-refractivity contribution in [3.05, 3.63) is 37.6 Å². The number of rotatable bonds is 0. The summed E-state index contributed by atoms with van der Waals surface area (Å²) in [5.74, 6) is 0. The lowest BCUT2D eigenvalue weighted by Crippen LogP contribution is -2.16. The van der Waals surface area contributed by atoms with E-state index in [9.17, 15) is 4.79 Å². The van der Waals surface area contributed by atoms with Crippen molar-refractivity contribution in [3.63, 3.8) is 0 Å². The Morgan fingerprint density at radius 3 is 2.64 bits per heavy atom. The molecule has 0 atom stereocenters. The number of nitrogens with zero attached hydrogens (tertiary/aromatic N) is 2. The Balaban J connectivity index is 2.97. The molecule has 2 rings (SSSR count). The second kappa shape index (κ2) is 3.47. The van der Waals surface area contributed by atoms with Gasteiger partial charge in [-0.05, 0) is 44.0 Å². The van der Waals surface area contributed by atoms with Crippen molar-refractivity contribution >= 4 is 42.9 Å². The van der Waals surface area contributed by atoms with Gasteiger partial charge >= 0.3 is 0 Å². The van der Waals surface area contributed by atoms with Crippen molar-refractivity contribution in [2.45, 2.75) is 0 Å². The van der Waals surface area contributed by atoms with Crippen LogP contribution in [0, 0.1) is 0 Å². The van der Waals surface area contributed by atoms with E-state index in [1.165, 1.54) is 6.20 Å². The van der Waals surface area contributed by atoms with Crippen molar-refractivity contribution in [1.29, 1.82) is 0 Å². The van der Waals surface area contributed by atoms with E-state index in [0.717, 1.165) is 20.0 Å². The van der Waals surface area contributed by atoms with Crippen LogP contribution >= 0.6 is 31.9 Å². The van der Waals surface area contributed by atoms with Crippen molar-refractivity contribution in [3.8, 4) is 0 Å². The van der Waals surface area contributed by atoms with Crippen molar-refractivity contribution < 1.29 is 0 Å². The first-order valence-corrected chi connectivity index (χ1v) is 5.49. The highest BCUT2D eigenvalue weighted by Crippen LogP contribution is 2.26. The molecule has 3 nitrogen and oxygen atoms in total. The Labute approximate surface area is 97.0 Å². The molecule has 0 unspecified atom stereocenters. The van der Waals surface area contributed by atoms with E-state index in [1.807, 2.05) is 12.1 Å². The SMILES string of the molecule is Cn1c(=O)cnc2cc(Br)c(Br)cc21. The van der Waals surface area contributed by atoms with Gasteiger partial charge in [0.2, 0.25) is 0 Å². The maximum Gasteiger partial charge on any atom is 0.269 e. The topological polar surface area (TPSA) is 34.9 Å². The summed E-state index contributed by atoms with van der Waals surface area (Å²) < 4.78 is 3.41. The molecule has 0 N–H and O–H groups in total. The standard InChI is InChI=1S/C9H6Br2N2O/c1-13-8-3-6(11)5(10)2-7(8)12-4-9(13)14/h2-4H,1H3. The van der Waals surface area contributed by atoms with Gasteiger partial charge in [0.25, 0.3) is 5.56 Å². The Morgan fingerprint density at radius 1 is 1.29 bits per heavy atom. The summed E-state index contributed by atoms with van der Waals surface area (Å²) in [5, 5.41) is 0. The number of halogens is 2. The number of aryl methyl sites for hydroxylation is 1. The summed E-state index contributed by atoms with van der Waals surface area (Å²) in [4.78, 5) is 15.4. The molecule has 1 aromatic carbocycles. The van der Waals surface area contributed by atoms with Gasteiger partial charge in [-0.2, -0.15) is 0 Å². The molecule has 0 radical (unpaired) electrons. The average molecular weight is 318 g/mol. The molecular weight excluding hydrogens is 312 g/mol. The van der Waals surface area contributed by atoms with E-state index in [0.29, 0.717) is 0 Å². The molecule has 0 aliphatic rings. The highest BCUT2D eigenvalue weighted by Gasteiger charge is 2.04. The van der Waals surface area contributed by atoms with Crippen LogP contribution in [0.5, 0.6) is 0 Å². The van der Waals surface area contributed by atoms with Gasteiger partial charge in [0.1, 0.15) is 0 Å². The van der Waals surface area contributed by atoms with Crippen molar-refractivity contribution in [1.82, 2.24) is 9.55 Å². The van der Waals surface area contributed by atoms with E-state index in [-0.39, 0.29) is 5.56 Å². The van der Waals surface area contributed by atoms with Crippen molar-refractivity contribution in [2.75, 3.05) is 0 Å². The fraction of sp³-hybridized carbons (Fsp3) is 0.111. The van der Waals surface area contributed by atoms with Gasteiger partial charge in [0.15, 0.2) is 0 Å². The van der Waals surface area contributed by atoms with Crippen LogP contribution in [0.3, 0.4) is 0 Å².